The maximum absolute atomic E-state index is 13.7. The number of amides is 1. The fourth-order valence-electron chi connectivity index (χ4n) is 4.22. The molecular formula is C29H21F3N6O. The molecule has 0 bridgehead atoms. The van der Waals surface area contributed by atoms with Gasteiger partial charge in [0.05, 0.1) is 35.8 Å². The molecule has 0 saturated heterocycles. The van der Waals surface area contributed by atoms with Crippen LogP contribution < -0.4 is 0 Å². The van der Waals surface area contributed by atoms with Gasteiger partial charge in [0.15, 0.2) is 5.82 Å². The molecule has 0 radical (unpaired) electrons. The van der Waals surface area contributed by atoms with Crippen molar-refractivity contribution in [2.45, 2.75) is 25.8 Å². The first kappa shape index (κ1) is 25.6. The van der Waals surface area contributed by atoms with Crippen molar-refractivity contribution in [3.8, 4) is 6.07 Å². The van der Waals surface area contributed by atoms with Crippen molar-refractivity contribution >= 4 is 16.8 Å². The average molecular weight is 527 g/mol. The number of pyridine rings is 1. The van der Waals surface area contributed by atoms with E-state index in [1.165, 1.54) is 23.4 Å². The van der Waals surface area contributed by atoms with Crippen LogP contribution in [0.1, 0.15) is 38.6 Å². The minimum Gasteiger partial charge on any atom is -0.325 e. The summed E-state index contributed by atoms with van der Waals surface area (Å²) in [5.41, 5.74) is 1.86. The molecule has 39 heavy (non-hydrogen) atoms. The number of para-hydroxylation sites is 1. The lowest BCUT2D eigenvalue weighted by Crippen LogP contribution is -2.32. The van der Waals surface area contributed by atoms with Crippen LogP contribution in [0.2, 0.25) is 0 Å². The second-order valence-electron chi connectivity index (χ2n) is 8.89. The molecule has 2 aromatic heterocycles. The van der Waals surface area contributed by atoms with Crippen LogP contribution in [-0.2, 0) is 25.8 Å². The van der Waals surface area contributed by atoms with E-state index in [0.29, 0.717) is 29.0 Å². The van der Waals surface area contributed by atoms with Crippen molar-refractivity contribution < 1.29 is 18.0 Å². The summed E-state index contributed by atoms with van der Waals surface area (Å²) >= 11 is 0. The summed E-state index contributed by atoms with van der Waals surface area (Å²) in [6.07, 6.45) is -2.95. The highest BCUT2D eigenvalue weighted by molar-refractivity contribution is 5.94. The van der Waals surface area contributed by atoms with Crippen LogP contribution in [-0.4, -0.2) is 30.6 Å². The minimum atomic E-state index is -4.46. The molecule has 0 N–H and O–H groups in total. The van der Waals surface area contributed by atoms with Gasteiger partial charge in [-0.25, -0.2) is 4.98 Å². The van der Waals surface area contributed by atoms with Crippen molar-refractivity contribution in [1.82, 2.24) is 24.6 Å². The molecule has 1 amide bonds. The van der Waals surface area contributed by atoms with Gasteiger partial charge in [0.2, 0.25) is 0 Å². The van der Waals surface area contributed by atoms with Gasteiger partial charge in [0, 0.05) is 11.9 Å². The number of hydrogen-bond acceptors (Lipinski definition) is 5. The largest absolute Gasteiger partial charge is 0.416 e. The second kappa shape index (κ2) is 10.8. The molecule has 0 aliphatic rings. The van der Waals surface area contributed by atoms with Crippen molar-refractivity contribution in [2.75, 3.05) is 0 Å². The number of nitrogens with zero attached hydrogens (tertiary/aromatic N) is 6. The van der Waals surface area contributed by atoms with E-state index in [1.54, 1.807) is 34.9 Å². The van der Waals surface area contributed by atoms with Gasteiger partial charge in [-0.05, 0) is 41.5 Å². The fraction of sp³-hybridized carbons (Fsp3) is 0.138. The first-order valence-corrected chi connectivity index (χ1v) is 12.0. The third kappa shape index (κ3) is 5.78. The Labute approximate surface area is 221 Å². The predicted octanol–water partition coefficient (Wildman–Crippen LogP) is 5.61. The molecule has 0 aliphatic heterocycles. The summed E-state index contributed by atoms with van der Waals surface area (Å²) in [5.74, 6) is 0.0384. The Morgan fingerprint density at radius 2 is 1.67 bits per heavy atom. The smallest absolute Gasteiger partial charge is 0.325 e. The summed E-state index contributed by atoms with van der Waals surface area (Å²) in [6.45, 7) is 0.346. The summed E-state index contributed by atoms with van der Waals surface area (Å²) in [5, 5.41) is 18.5. The van der Waals surface area contributed by atoms with E-state index in [2.05, 4.69) is 21.3 Å². The maximum atomic E-state index is 13.7. The van der Waals surface area contributed by atoms with Crippen LogP contribution in [0.3, 0.4) is 0 Å². The summed E-state index contributed by atoms with van der Waals surface area (Å²) < 4.78 is 41.0. The minimum absolute atomic E-state index is 0.0169. The second-order valence-corrected chi connectivity index (χ2v) is 8.89. The van der Waals surface area contributed by atoms with E-state index in [9.17, 15) is 23.2 Å². The Hall–Kier alpha value is -5.04. The molecule has 7 nitrogen and oxygen atoms in total. The monoisotopic (exact) mass is 526 g/mol. The van der Waals surface area contributed by atoms with Crippen molar-refractivity contribution in [1.29, 1.82) is 5.26 Å². The summed E-state index contributed by atoms with van der Waals surface area (Å²) in [4.78, 5) is 19.7. The average Bonchev–Trinajstić information content (AvgIpc) is 3.38. The zero-order valence-corrected chi connectivity index (χ0v) is 20.5. The Morgan fingerprint density at radius 3 is 2.44 bits per heavy atom. The number of alkyl halides is 3. The molecule has 3 aromatic carbocycles. The number of carbonyl (C=O) groups excluding carboxylic acids is 1. The van der Waals surface area contributed by atoms with E-state index in [0.717, 1.165) is 23.1 Å². The standard InChI is InChI=1S/C29H21F3N6O/c30-29(31,32)24-12-9-20(10-13-24)16-37(28(39)26-14-11-21-5-3-4-8-25(21)35-26)18-27-36-34-19-38(27)17-23-7-2-1-6-22(23)15-33/h1-14,19H,16-18H2. The van der Waals surface area contributed by atoms with E-state index in [4.69, 9.17) is 0 Å². The molecule has 0 fully saturated rings. The molecule has 0 unspecified atom stereocenters. The van der Waals surface area contributed by atoms with Gasteiger partial charge in [0.25, 0.3) is 5.91 Å². The molecule has 0 aliphatic carbocycles. The first-order chi connectivity index (χ1) is 18.8. The van der Waals surface area contributed by atoms with Gasteiger partial charge < -0.3 is 9.47 Å². The van der Waals surface area contributed by atoms with E-state index >= 15 is 0 Å². The molecule has 0 atom stereocenters. The van der Waals surface area contributed by atoms with Crippen LogP contribution in [0.4, 0.5) is 13.2 Å². The fourth-order valence-corrected chi connectivity index (χ4v) is 4.22. The highest BCUT2D eigenvalue weighted by Crippen LogP contribution is 2.29. The number of aromatic nitrogens is 4. The maximum Gasteiger partial charge on any atom is 0.416 e. The number of carbonyl (C=O) groups is 1. The molecule has 0 spiro atoms. The Kier molecular flexibility index (Phi) is 7.06. The van der Waals surface area contributed by atoms with Gasteiger partial charge in [0.1, 0.15) is 12.0 Å². The SMILES string of the molecule is N#Cc1ccccc1Cn1cnnc1CN(Cc1ccc(C(F)(F)F)cc1)C(=O)c1ccc2ccccc2n1. The van der Waals surface area contributed by atoms with Crippen LogP contribution in [0.5, 0.6) is 0 Å². The summed E-state index contributed by atoms with van der Waals surface area (Å²) in [6, 6.07) is 24.8. The van der Waals surface area contributed by atoms with Crippen molar-refractivity contribution in [2.24, 2.45) is 0 Å². The molecule has 0 saturated carbocycles. The van der Waals surface area contributed by atoms with E-state index in [1.807, 2.05) is 30.3 Å². The summed E-state index contributed by atoms with van der Waals surface area (Å²) in [7, 11) is 0. The number of nitriles is 1. The van der Waals surface area contributed by atoms with Crippen LogP contribution in [0.25, 0.3) is 10.9 Å². The van der Waals surface area contributed by atoms with Crippen molar-refractivity contribution in [3.05, 3.63) is 125 Å². The highest BCUT2D eigenvalue weighted by atomic mass is 19.4. The Bertz CT molecular complexity index is 1670. The van der Waals surface area contributed by atoms with Gasteiger partial charge in [-0.1, -0.05) is 54.6 Å². The van der Waals surface area contributed by atoms with E-state index < -0.39 is 17.6 Å². The molecular weight excluding hydrogens is 505 g/mol. The van der Waals surface area contributed by atoms with Gasteiger partial charge in [-0.3, -0.25) is 4.79 Å². The lowest BCUT2D eigenvalue weighted by Gasteiger charge is -2.23. The topological polar surface area (TPSA) is 87.7 Å². The zero-order valence-electron chi connectivity index (χ0n) is 20.5. The number of fused-ring (bicyclic) bond motifs is 1. The zero-order chi connectivity index (χ0) is 27.4. The molecule has 5 rings (SSSR count). The van der Waals surface area contributed by atoms with Gasteiger partial charge in [-0.2, -0.15) is 18.4 Å². The van der Waals surface area contributed by atoms with Gasteiger partial charge in [-0.15, -0.1) is 10.2 Å². The molecule has 194 valence electrons. The van der Waals surface area contributed by atoms with Crippen LogP contribution >= 0.6 is 0 Å². The third-order valence-corrected chi connectivity index (χ3v) is 6.27. The predicted molar refractivity (Wildman–Crippen MR) is 137 cm³/mol. The number of halogens is 3. The molecule has 2 heterocycles. The normalized spacial score (nSPS) is 11.3. The number of rotatable bonds is 7. The van der Waals surface area contributed by atoms with Crippen LogP contribution in [0.15, 0.2) is 91.3 Å². The van der Waals surface area contributed by atoms with Crippen molar-refractivity contribution in [3.63, 3.8) is 0 Å². The van der Waals surface area contributed by atoms with Gasteiger partial charge >= 0.3 is 6.18 Å². The van der Waals surface area contributed by atoms with E-state index in [-0.39, 0.29) is 18.8 Å². The molecule has 5 aromatic rings. The lowest BCUT2D eigenvalue weighted by atomic mass is 10.1. The number of hydrogen-bond donors (Lipinski definition) is 0. The first-order valence-electron chi connectivity index (χ1n) is 12.0. The Morgan fingerprint density at radius 1 is 0.923 bits per heavy atom. The Balaban J connectivity index is 1.46. The van der Waals surface area contributed by atoms with Crippen LogP contribution in [0, 0.1) is 11.3 Å². The highest BCUT2D eigenvalue weighted by Gasteiger charge is 2.30. The number of benzene rings is 3. The lowest BCUT2D eigenvalue weighted by molar-refractivity contribution is -0.137. The third-order valence-electron chi connectivity index (χ3n) is 6.27. The molecule has 10 heteroatoms. The quantitative estimate of drug-likeness (QED) is 0.275.